The Labute approximate surface area is 48.1 Å². The molecule has 0 bridgehead atoms. The molecule has 0 aliphatic heterocycles. The molecule has 0 saturated heterocycles. The van der Waals surface area contributed by atoms with E-state index in [1.165, 1.54) is 0 Å². The molecule has 0 aromatic heterocycles. The second-order valence-electron chi connectivity index (χ2n) is 1.08. The van der Waals surface area contributed by atoms with Crippen LogP contribution in [0, 0.1) is 24.2 Å². The number of terminal acetylenes is 1. The highest BCUT2D eigenvalue weighted by atomic mass is 14.8. The molecule has 0 radical (unpaired) electrons. The number of rotatable bonds is 0. The quantitative estimate of drug-likeness (QED) is 0.183. The minimum Gasteiger partial charge on any atom is -0.360 e. The summed E-state index contributed by atoms with van der Waals surface area (Å²) >= 11 is 0. The van der Waals surface area contributed by atoms with E-state index in [-0.39, 0.29) is 0 Å². The van der Waals surface area contributed by atoms with Gasteiger partial charge in [0.1, 0.15) is 0 Å². The van der Waals surface area contributed by atoms with E-state index in [1.54, 1.807) is 6.92 Å². The van der Waals surface area contributed by atoms with Crippen molar-refractivity contribution in [3.05, 3.63) is 5.53 Å². The summed E-state index contributed by atoms with van der Waals surface area (Å²) in [5.41, 5.74) is 8.30. The Balaban J connectivity index is 4.16. The zero-order chi connectivity index (χ0) is 6.41. The molecule has 0 aliphatic rings. The van der Waals surface area contributed by atoms with E-state index >= 15 is 0 Å². The maximum Gasteiger partial charge on any atom is 0.339 e. The molecule has 0 unspecified atom stereocenters. The molecule has 38 valence electrons. The van der Waals surface area contributed by atoms with Crippen LogP contribution in [0.15, 0.2) is 0 Å². The Kier molecular flexibility index (Phi) is 2.99. The molecule has 0 saturated carbocycles. The van der Waals surface area contributed by atoms with Crippen LogP contribution in [0.1, 0.15) is 6.92 Å². The van der Waals surface area contributed by atoms with E-state index in [9.17, 15) is 0 Å². The standard InChI is InChI=1S/C6H4N2/c1-3-4-5-6(2)8-7/h1H,2H3. The van der Waals surface area contributed by atoms with Gasteiger partial charge in [-0.1, -0.05) is 0 Å². The fourth-order valence-corrected chi connectivity index (χ4v) is 0.152. The second kappa shape index (κ2) is 3.68. The molecule has 0 rings (SSSR count). The van der Waals surface area contributed by atoms with E-state index in [2.05, 4.69) is 22.6 Å². The first-order valence-electron chi connectivity index (χ1n) is 1.96. The van der Waals surface area contributed by atoms with Gasteiger partial charge in [-0.2, -0.15) is 4.79 Å². The molecule has 0 heterocycles. The Morgan fingerprint density at radius 3 is 2.75 bits per heavy atom. The van der Waals surface area contributed by atoms with Crippen LogP contribution in [-0.4, -0.2) is 10.5 Å². The molecular formula is C6H4N2. The van der Waals surface area contributed by atoms with Crippen LogP contribution in [0.5, 0.6) is 0 Å². The molecule has 0 aliphatic carbocycles. The van der Waals surface area contributed by atoms with Crippen LogP contribution in [0.3, 0.4) is 0 Å². The molecule has 2 nitrogen and oxygen atoms in total. The van der Waals surface area contributed by atoms with Gasteiger partial charge in [0.05, 0.1) is 0 Å². The average Bonchev–Trinajstić information content (AvgIpc) is 1.83. The lowest BCUT2D eigenvalue weighted by atomic mass is 10.4. The second-order valence-corrected chi connectivity index (χ2v) is 1.08. The molecule has 0 aromatic rings. The van der Waals surface area contributed by atoms with E-state index < -0.39 is 0 Å². The lowest BCUT2D eigenvalue weighted by molar-refractivity contribution is -0.00308. The van der Waals surface area contributed by atoms with Crippen LogP contribution in [0.25, 0.3) is 5.53 Å². The van der Waals surface area contributed by atoms with Crippen molar-refractivity contribution in [1.29, 1.82) is 0 Å². The van der Waals surface area contributed by atoms with Gasteiger partial charge in [0, 0.05) is 12.8 Å². The molecule has 0 atom stereocenters. The van der Waals surface area contributed by atoms with Crippen molar-refractivity contribution in [2.75, 3.05) is 0 Å². The summed E-state index contributed by atoms with van der Waals surface area (Å²) in [5, 5.41) is 0. The molecular weight excluding hydrogens is 100 g/mol. The largest absolute Gasteiger partial charge is 0.360 e. The Hall–Kier alpha value is -1.50. The third-order valence-corrected chi connectivity index (χ3v) is 0.466. The minimum atomic E-state index is 0.322. The highest BCUT2D eigenvalue weighted by molar-refractivity contribution is 5.94. The number of nitrogens with zero attached hydrogens (tertiary/aromatic N) is 2. The van der Waals surface area contributed by atoms with Crippen molar-refractivity contribution < 1.29 is 4.79 Å². The average molecular weight is 104 g/mol. The third-order valence-electron chi connectivity index (χ3n) is 0.466. The summed E-state index contributed by atoms with van der Waals surface area (Å²) < 4.78 is 0. The lowest BCUT2D eigenvalue weighted by Crippen LogP contribution is -1.83. The predicted octanol–water partition coefficient (Wildman–Crippen LogP) is 0.314. The van der Waals surface area contributed by atoms with Crippen molar-refractivity contribution >= 4 is 5.71 Å². The molecule has 0 aromatic carbocycles. The highest BCUT2D eigenvalue weighted by Gasteiger charge is 1.84. The van der Waals surface area contributed by atoms with Gasteiger partial charge in [0.2, 0.25) is 0 Å². The van der Waals surface area contributed by atoms with E-state index in [0.29, 0.717) is 5.71 Å². The first-order valence-corrected chi connectivity index (χ1v) is 1.96. The smallest absolute Gasteiger partial charge is 0.339 e. The fourth-order valence-electron chi connectivity index (χ4n) is 0.152. The van der Waals surface area contributed by atoms with Crippen LogP contribution >= 0.6 is 0 Å². The first-order chi connectivity index (χ1) is 3.81. The van der Waals surface area contributed by atoms with E-state index in [0.717, 1.165) is 0 Å². The summed E-state index contributed by atoms with van der Waals surface area (Å²) in [6.45, 7) is 1.56. The summed E-state index contributed by atoms with van der Waals surface area (Å²) in [4.78, 5) is 2.77. The van der Waals surface area contributed by atoms with Gasteiger partial charge in [-0.25, -0.2) is 0 Å². The monoisotopic (exact) mass is 104 g/mol. The number of hydrogen-bond acceptors (Lipinski definition) is 0. The van der Waals surface area contributed by atoms with Gasteiger partial charge in [-0.3, -0.25) is 0 Å². The molecule has 0 fully saturated rings. The van der Waals surface area contributed by atoms with Gasteiger partial charge >= 0.3 is 5.71 Å². The van der Waals surface area contributed by atoms with Crippen molar-refractivity contribution in [3.8, 4) is 24.2 Å². The Morgan fingerprint density at radius 2 is 2.38 bits per heavy atom. The number of hydrogen-bond donors (Lipinski definition) is 0. The normalized spacial score (nSPS) is 5.00. The zero-order valence-electron chi connectivity index (χ0n) is 4.47. The van der Waals surface area contributed by atoms with Gasteiger partial charge in [-0.15, -0.1) is 6.42 Å². The highest BCUT2D eigenvalue weighted by Crippen LogP contribution is 1.59. The van der Waals surface area contributed by atoms with E-state index in [4.69, 9.17) is 12.0 Å². The Bertz CT molecular complexity index is 215. The molecule has 0 amide bonds. The van der Waals surface area contributed by atoms with Crippen molar-refractivity contribution in [2.24, 2.45) is 0 Å². The van der Waals surface area contributed by atoms with E-state index in [1.807, 2.05) is 0 Å². The summed E-state index contributed by atoms with van der Waals surface area (Å²) in [6.07, 6.45) is 4.77. The summed E-state index contributed by atoms with van der Waals surface area (Å²) in [6, 6.07) is 0. The third kappa shape index (κ3) is 2.72. The maximum absolute atomic E-state index is 7.98. The maximum atomic E-state index is 7.98. The molecule has 2 heteroatoms. The molecule has 0 spiro atoms. The minimum absolute atomic E-state index is 0.322. The zero-order valence-corrected chi connectivity index (χ0v) is 4.47. The Morgan fingerprint density at radius 1 is 1.75 bits per heavy atom. The van der Waals surface area contributed by atoms with Gasteiger partial charge in [-0.05, 0) is 11.8 Å². The lowest BCUT2D eigenvalue weighted by Gasteiger charge is -1.59. The van der Waals surface area contributed by atoms with Crippen LogP contribution in [0.2, 0.25) is 0 Å². The first kappa shape index (κ1) is 6.50. The summed E-state index contributed by atoms with van der Waals surface area (Å²) in [7, 11) is 0. The van der Waals surface area contributed by atoms with Crippen LogP contribution in [-0.2, 0) is 0 Å². The van der Waals surface area contributed by atoms with Crippen LogP contribution in [0.4, 0.5) is 0 Å². The van der Waals surface area contributed by atoms with Crippen molar-refractivity contribution in [3.63, 3.8) is 0 Å². The van der Waals surface area contributed by atoms with Gasteiger partial charge < -0.3 is 5.53 Å². The molecule has 8 heavy (non-hydrogen) atoms. The molecule has 0 N–H and O–H groups in total. The summed E-state index contributed by atoms with van der Waals surface area (Å²) in [5.74, 6) is 6.76. The van der Waals surface area contributed by atoms with Gasteiger partial charge in [0.25, 0.3) is 0 Å². The van der Waals surface area contributed by atoms with Gasteiger partial charge in [0.15, 0.2) is 0 Å². The van der Waals surface area contributed by atoms with Crippen molar-refractivity contribution in [2.45, 2.75) is 6.92 Å². The SMILES string of the molecule is C#CC#CC(C)=[N+]=[N-]. The topological polar surface area (TPSA) is 36.4 Å². The van der Waals surface area contributed by atoms with Crippen LogP contribution < -0.4 is 0 Å². The predicted molar refractivity (Wildman–Crippen MR) is 30.9 cm³/mol. The van der Waals surface area contributed by atoms with Crippen molar-refractivity contribution in [1.82, 2.24) is 0 Å². The fraction of sp³-hybridized carbons (Fsp3) is 0.167.